The van der Waals surface area contributed by atoms with Gasteiger partial charge in [-0.05, 0) is 43.9 Å². The number of aliphatic imine (C=N–C) groups is 1. The second-order valence-corrected chi connectivity index (χ2v) is 7.50. The quantitative estimate of drug-likeness (QED) is 0.417. The van der Waals surface area contributed by atoms with E-state index in [0.717, 1.165) is 81.3 Å². The summed E-state index contributed by atoms with van der Waals surface area (Å²) in [7, 11) is 0. The number of hydrogen-bond acceptors (Lipinski definition) is 4. The van der Waals surface area contributed by atoms with Gasteiger partial charge in [0.1, 0.15) is 0 Å². The third-order valence-electron chi connectivity index (χ3n) is 5.14. The van der Waals surface area contributed by atoms with Crippen LogP contribution >= 0.6 is 0 Å². The number of nitrogens with zero attached hydrogens (tertiary/aromatic N) is 2. The molecule has 2 heterocycles. The topological polar surface area (TPSA) is 75.2 Å². The molecule has 3 rings (SSSR count). The van der Waals surface area contributed by atoms with Crippen LogP contribution < -0.4 is 20.1 Å². The Morgan fingerprint density at radius 3 is 2.83 bits per heavy atom. The average molecular weight is 403 g/mol. The predicted octanol–water partition coefficient (Wildman–Crippen LogP) is 2.70. The third kappa shape index (κ3) is 6.84. The number of ether oxygens (including phenoxy) is 2. The van der Waals surface area contributed by atoms with Crippen LogP contribution in [0.1, 0.15) is 51.0 Å². The molecule has 0 saturated carbocycles. The van der Waals surface area contributed by atoms with E-state index in [4.69, 9.17) is 9.47 Å². The van der Waals surface area contributed by atoms with Crippen molar-refractivity contribution in [3.8, 4) is 11.5 Å². The summed E-state index contributed by atoms with van der Waals surface area (Å²) in [5.41, 5.74) is 1.08. The minimum Gasteiger partial charge on any atom is -0.490 e. The maximum atomic E-state index is 12.1. The molecule has 7 nitrogen and oxygen atoms in total. The highest BCUT2D eigenvalue weighted by atomic mass is 16.5. The molecule has 1 fully saturated rings. The van der Waals surface area contributed by atoms with Gasteiger partial charge in [0, 0.05) is 39.0 Å². The van der Waals surface area contributed by atoms with Gasteiger partial charge in [0.25, 0.3) is 0 Å². The zero-order valence-corrected chi connectivity index (χ0v) is 17.5. The summed E-state index contributed by atoms with van der Waals surface area (Å²) in [6, 6.07) is 6.01. The number of carbonyl (C=O) groups is 1. The van der Waals surface area contributed by atoms with Gasteiger partial charge in [-0.2, -0.15) is 0 Å². The van der Waals surface area contributed by atoms with Crippen molar-refractivity contribution in [1.82, 2.24) is 15.5 Å². The SMILES string of the molecule is CCNC(=NCc1ccc2c(c1)OCCCO2)NCCCN1CCCCCC1=O. The lowest BCUT2D eigenvalue weighted by atomic mass is 10.2. The van der Waals surface area contributed by atoms with E-state index in [-0.39, 0.29) is 0 Å². The van der Waals surface area contributed by atoms with Gasteiger partial charge in [-0.3, -0.25) is 4.79 Å². The minimum atomic E-state index is 0.303. The Balaban J connectivity index is 1.48. The smallest absolute Gasteiger partial charge is 0.222 e. The Bertz CT molecular complexity index is 693. The molecule has 1 aromatic rings. The Morgan fingerprint density at radius 2 is 1.97 bits per heavy atom. The monoisotopic (exact) mass is 402 g/mol. The van der Waals surface area contributed by atoms with E-state index in [1.54, 1.807) is 0 Å². The summed E-state index contributed by atoms with van der Waals surface area (Å²) >= 11 is 0. The number of carbonyl (C=O) groups excluding carboxylic acids is 1. The lowest BCUT2D eigenvalue weighted by molar-refractivity contribution is -0.130. The summed E-state index contributed by atoms with van der Waals surface area (Å²) in [6.45, 7) is 7.31. The predicted molar refractivity (Wildman–Crippen MR) is 115 cm³/mol. The second kappa shape index (κ2) is 11.5. The fourth-order valence-electron chi connectivity index (χ4n) is 3.57. The maximum Gasteiger partial charge on any atom is 0.222 e. The van der Waals surface area contributed by atoms with Gasteiger partial charge in [0.15, 0.2) is 17.5 Å². The summed E-state index contributed by atoms with van der Waals surface area (Å²) in [6.07, 6.45) is 5.84. The first-order valence-electron chi connectivity index (χ1n) is 10.9. The molecule has 0 spiro atoms. The van der Waals surface area contributed by atoms with Crippen LogP contribution in [0.2, 0.25) is 0 Å². The molecule has 2 aliphatic rings. The van der Waals surface area contributed by atoms with Gasteiger partial charge in [0.05, 0.1) is 19.8 Å². The Labute approximate surface area is 173 Å². The number of amides is 1. The molecule has 7 heteroatoms. The van der Waals surface area contributed by atoms with Crippen LogP contribution in [0.5, 0.6) is 11.5 Å². The van der Waals surface area contributed by atoms with E-state index in [2.05, 4.69) is 22.5 Å². The number of fused-ring (bicyclic) bond motifs is 1. The molecule has 1 amide bonds. The molecule has 0 bridgehead atoms. The van der Waals surface area contributed by atoms with E-state index in [1.807, 2.05) is 23.1 Å². The van der Waals surface area contributed by atoms with Crippen LogP contribution in [0.25, 0.3) is 0 Å². The third-order valence-corrected chi connectivity index (χ3v) is 5.14. The lowest BCUT2D eigenvalue weighted by Crippen LogP contribution is -2.39. The van der Waals surface area contributed by atoms with Crippen molar-refractivity contribution in [3.05, 3.63) is 23.8 Å². The zero-order chi connectivity index (χ0) is 20.3. The van der Waals surface area contributed by atoms with Crippen LogP contribution in [0.15, 0.2) is 23.2 Å². The fraction of sp³-hybridized carbons (Fsp3) is 0.636. The molecule has 2 aliphatic heterocycles. The highest BCUT2D eigenvalue weighted by Crippen LogP contribution is 2.30. The van der Waals surface area contributed by atoms with E-state index in [9.17, 15) is 4.79 Å². The molecule has 29 heavy (non-hydrogen) atoms. The highest BCUT2D eigenvalue weighted by Gasteiger charge is 2.15. The summed E-state index contributed by atoms with van der Waals surface area (Å²) in [5.74, 6) is 2.71. The van der Waals surface area contributed by atoms with Crippen molar-refractivity contribution in [3.63, 3.8) is 0 Å². The van der Waals surface area contributed by atoms with E-state index in [0.29, 0.717) is 32.1 Å². The van der Waals surface area contributed by atoms with Crippen molar-refractivity contribution in [2.24, 2.45) is 4.99 Å². The summed E-state index contributed by atoms with van der Waals surface area (Å²) in [4.78, 5) is 18.8. The van der Waals surface area contributed by atoms with Crippen molar-refractivity contribution >= 4 is 11.9 Å². The van der Waals surface area contributed by atoms with Gasteiger partial charge in [-0.25, -0.2) is 4.99 Å². The molecule has 1 aromatic carbocycles. The number of hydrogen-bond donors (Lipinski definition) is 2. The summed E-state index contributed by atoms with van der Waals surface area (Å²) < 4.78 is 11.4. The molecular weight excluding hydrogens is 368 g/mol. The molecule has 1 saturated heterocycles. The molecule has 0 aliphatic carbocycles. The van der Waals surface area contributed by atoms with E-state index < -0.39 is 0 Å². The largest absolute Gasteiger partial charge is 0.490 e. The molecule has 160 valence electrons. The van der Waals surface area contributed by atoms with Gasteiger partial charge >= 0.3 is 0 Å². The first-order chi connectivity index (χ1) is 14.3. The van der Waals surface area contributed by atoms with Gasteiger partial charge < -0.3 is 25.0 Å². The van der Waals surface area contributed by atoms with Crippen LogP contribution in [-0.2, 0) is 11.3 Å². The zero-order valence-electron chi connectivity index (χ0n) is 17.5. The number of guanidine groups is 1. The van der Waals surface area contributed by atoms with Crippen LogP contribution in [-0.4, -0.2) is 56.2 Å². The van der Waals surface area contributed by atoms with Crippen molar-refractivity contribution in [2.75, 3.05) is 39.4 Å². The Kier molecular flexibility index (Phi) is 8.46. The first kappa shape index (κ1) is 21.3. The van der Waals surface area contributed by atoms with E-state index in [1.165, 1.54) is 0 Å². The van der Waals surface area contributed by atoms with Gasteiger partial charge in [-0.15, -0.1) is 0 Å². The Hall–Kier alpha value is -2.44. The number of rotatable bonds is 7. The molecule has 0 unspecified atom stereocenters. The number of benzene rings is 1. The first-order valence-corrected chi connectivity index (χ1v) is 10.9. The standard InChI is InChI=1S/C22H34N4O3/c1-2-23-22(24-11-6-13-26-12-5-3-4-8-21(26)27)25-17-18-9-10-19-20(16-18)29-15-7-14-28-19/h9-10,16H,2-8,11-15,17H2,1H3,(H2,23,24,25). The van der Waals surface area contributed by atoms with Crippen LogP contribution in [0.4, 0.5) is 0 Å². The molecule has 0 radical (unpaired) electrons. The minimum absolute atomic E-state index is 0.303. The Morgan fingerprint density at radius 1 is 1.10 bits per heavy atom. The molecule has 2 N–H and O–H groups in total. The van der Waals surface area contributed by atoms with Gasteiger partial charge in [-0.1, -0.05) is 12.5 Å². The normalized spacial score (nSPS) is 17.5. The van der Waals surface area contributed by atoms with Gasteiger partial charge in [0.2, 0.25) is 5.91 Å². The summed E-state index contributed by atoms with van der Waals surface area (Å²) in [5, 5.41) is 6.66. The van der Waals surface area contributed by atoms with Crippen LogP contribution in [0.3, 0.4) is 0 Å². The fourth-order valence-corrected chi connectivity index (χ4v) is 3.57. The van der Waals surface area contributed by atoms with Crippen LogP contribution in [0, 0.1) is 0 Å². The highest BCUT2D eigenvalue weighted by molar-refractivity contribution is 5.79. The number of nitrogens with one attached hydrogen (secondary N) is 2. The second-order valence-electron chi connectivity index (χ2n) is 7.50. The molecule has 0 atom stereocenters. The average Bonchev–Trinajstić information content (AvgIpc) is 3.09. The van der Waals surface area contributed by atoms with Crippen molar-refractivity contribution < 1.29 is 14.3 Å². The number of likely N-dealkylation sites (tertiary alicyclic amines) is 1. The van der Waals surface area contributed by atoms with Crippen molar-refractivity contribution in [1.29, 1.82) is 0 Å². The van der Waals surface area contributed by atoms with Crippen molar-refractivity contribution in [2.45, 2.75) is 52.0 Å². The lowest BCUT2D eigenvalue weighted by Gasteiger charge is -2.20. The molecular formula is C22H34N4O3. The molecule has 0 aromatic heterocycles. The maximum absolute atomic E-state index is 12.1. The van der Waals surface area contributed by atoms with E-state index >= 15 is 0 Å².